The van der Waals surface area contributed by atoms with E-state index in [0.29, 0.717) is 10.7 Å². The molecule has 0 saturated carbocycles. The largest absolute Gasteiger partial charge is 0.350 e. The number of para-hydroxylation sites is 2. The summed E-state index contributed by atoms with van der Waals surface area (Å²) < 4.78 is 0. The maximum absolute atomic E-state index is 12.0. The molecule has 0 aliphatic carbocycles. The number of carbonyl (C=O) groups excluding carboxylic acids is 2. The fourth-order valence-electron chi connectivity index (χ4n) is 1.71. The summed E-state index contributed by atoms with van der Waals surface area (Å²) in [7, 11) is 0. The summed E-state index contributed by atoms with van der Waals surface area (Å²) in [6.07, 6.45) is 3.14. The number of ketones is 1. The van der Waals surface area contributed by atoms with Gasteiger partial charge in [-0.05, 0) is 30.5 Å². The molecule has 0 atom stereocenters. The van der Waals surface area contributed by atoms with Crippen LogP contribution in [0, 0.1) is 0 Å². The van der Waals surface area contributed by atoms with E-state index in [1.165, 1.54) is 17.8 Å². The Balaban J connectivity index is 2.02. The number of nitrogens with one attached hydrogen (secondary N) is 2. The van der Waals surface area contributed by atoms with Crippen molar-refractivity contribution in [1.29, 1.82) is 0 Å². The van der Waals surface area contributed by atoms with Crippen LogP contribution in [0.1, 0.15) is 0 Å². The molecule has 112 valence electrons. The molecule has 1 amide bonds. The van der Waals surface area contributed by atoms with Gasteiger partial charge in [0.25, 0.3) is 5.91 Å². The fraction of sp³-hybridized carbons (Fsp3) is 0.0588. The van der Waals surface area contributed by atoms with Gasteiger partial charge in [0.05, 0.1) is 5.03 Å². The molecule has 0 radical (unpaired) electrons. The Morgan fingerprint density at radius 2 is 1.36 bits per heavy atom. The Labute approximate surface area is 133 Å². The van der Waals surface area contributed by atoms with E-state index in [0.717, 1.165) is 5.69 Å². The van der Waals surface area contributed by atoms with Crippen LogP contribution in [-0.4, -0.2) is 17.9 Å². The zero-order valence-electron chi connectivity index (χ0n) is 12.1. The molecule has 0 heterocycles. The predicted molar refractivity (Wildman–Crippen MR) is 91.7 cm³/mol. The van der Waals surface area contributed by atoms with Crippen molar-refractivity contribution in [2.45, 2.75) is 0 Å². The lowest BCUT2D eigenvalue weighted by Gasteiger charge is -2.08. The van der Waals surface area contributed by atoms with Crippen LogP contribution < -0.4 is 10.6 Å². The molecule has 2 rings (SSSR count). The van der Waals surface area contributed by atoms with E-state index in [4.69, 9.17) is 0 Å². The number of benzene rings is 2. The van der Waals surface area contributed by atoms with E-state index in [2.05, 4.69) is 10.6 Å². The first-order valence-corrected chi connectivity index (χ1v) is 7.89. The number of carbonyl (C=O) groups is 2. The van der Waals surface area contributed by atoms with E-state index in [1.54, 1.807) is 24.3 Å². The maximum atomic E-state index is 12.0. The summed E-state index contributed by atoms with van der Waals surface area (Å²) in [6, 6.07) is 18.4. The molecule has 2 N–H and O–H groups in total. The molecule has 0 unspecified atom stereocenters. The standard InChI is InChI=1S/C17H16N2O2S/c1-22-16(18-13-8-4-2-5-9-13)12-15(20)17(21)19-14-10-6-3-7-11-14/h2-12,18H,1H3,(H,19,21)/b16-12-. The third-order valence-corrected chi connectivity index (χ3v) is 3.44. The van der Waals surface area contributed by atoms with Crippen LogP contribution in [0.2, 0.25) is 0 Å². The molecule has 0 aliphatic heterocycles. The summed E-state index contributed by atoms with van der Waals surface area (Å²) in [5.41, 5.74) is 1.45. The van der Waals surface area contributed by atoms with Crippen LogP contribution in [0.4, 0.5) is 11.4 Å². The van der Waals surface area contributed by atoms with Crippen LogP contribution in [0.5, 0.6) is 0 Å². The third kappa shape index (κ3) is 4.79. The van der Waals surface area contributed by atoms with E-state index >= 15 is 0 Å². The average molecular weight is 312 g/mol. The smallest absolute Gasteiger partial charge is 0.296 e. The fourth-order valence-corrected chi connectivity index (χ4v) is 2.15. The number of hydrogen-bond acceptors (Lipinski definition) is 4. The number of thioether (sulfide) groups is 1. The molecule has 2 aromatic carbocycles. The van der Waals surface area contributed by atoms with Gasteiger partial charge in [-0.1, -0.05) is 36.4 Å². The summed E-state index contributed by atoms with van der Waals surface area (Å²) in [5, 5.41) is 6.28. The molecule has 2 aromatic rings. The van der Waals surface area contributed by atoms with Crippen molar-refractivity contribution in [2.75, 3.05) is 16.9 Å². The highest BCUT2D eigenvalue weighted by Crippen LogP contribution is 2.16. The highest BCUT2D eigenvalue weighted by molar-refractivity contribution is 8.02. The molecule has 0 fully saturated rings. The van der Waals surface area contributed by atoms with E-state index in [1.807, 2.05) is 42.7 Å². The summed E-state index contributed by atoms with van der Waals surface area (Å²) >= 11 is 1.37. The monoisotopic (exact) mass is 312 g/mol. The molecule has 4 nitrogen and oxygen atoms in total. The van der Waals surface area contributed by atoms with Gasteiger partial charge in [-0.25, -0.2) is 0 Å². The van der Waals surface area contributed by atoms with Crippen molar-refractivity contribution in [1.82, 2.24) is 0 Å². The van der Waals surface area contributed by atoms with Gasteiger partial charge in [-0.15, -0.1) is 11.8 Å². The predicted octanol–water partition coefficient (Wildman–Crippen LogP) is 3.51. The highest BCUT2D eigenvalue weighted by Gasteiger charge is 2.12. The van der Waals surface area contributed by atoms with Crippen molar-refractivity contribution >= 4 is 34.8 Å². The topological polar surface area (TPSA) is 58.2 Å². The molecule has 0 aromatic heterocycles. The Bertz CT molecular complexity index is 670. The van der Waals surface area contributed by atoms with Crippen LogP contribution >= 0.6 is 11.8 Å². The molecule has 0 aliphatic rings. The second-order valence-corrected chi connectivity index (χ2v) is 5.24. The van der Waals surface area contributed by atoms with Crippen LogP contribution in [0.3, 0.4) is 0 Å². The molecule has 0 spiro atoms. The minimum atomic E-state index is -0.660. The second kappa shape index (κ2) is 8.05. The van der Waals surface area contributed by atoms with Gasteiger partial charge in [0, 0.05) is 17.5 Å². The van der Waals surface area contributed by atoms with E-state index in [-0.39, 0.29) is 0 Å². The van der Waals surface area contributed by atoms with Gasteiger partial charge in [-0.3, -0.25) is 9.59 Å². The second-order valence-electron chi connectivity index (χ2n) is 4.39. The van der Waals surface area contributed by atoms with Crippen molar-refractivity contribution in [3.05, 3.63) is 71.8 Å². The van der Waals surface area contributed by atoms with Crippen LogP contribution in [0.15, 0.2) is 71.8 Å². The summed E-state index contributed by atoms with van der Waals surface area (Å²) in [6.45, 7) is 0. The van der Waals surface area contributed by atoms with Gasteiger partial charge in [0.1, 0.15) is 0 Å². The highest BCUT2D eigenvalue weighted by atomic mass is 32.2. The molecule has 0 bridgehead atoms. The van der Waals surface area contributed by atoms with Crippen molar-refractivity contribution in [3.63, 3.8) is 0 Å². The lowest BCUT2D eigenvalue weighted by atomic mass is 10.3. The van der Waals surface area contributed by atoms with Crippen molar-refractivity contribution in [2.24, 2.45) is 0 Å². The number of anilines is 2. The van der Waals surface area contributed by atoms with Gasteiger partial charge in [0.15, 0.2) is 0 Å². The molecule has 0 saturated heterocycles. The normalized spacial score (nSPS) is 10.9. The number of rotatable bonds is 6. The number of hydrogen-bond donors (Lipinski definition) is 2. The van der Waals surface area contributed by atoms with Gasteiger partial charge in [-0.2, -0.15) is 0 Å². The van der Waals surface area contributed by atoms with Gasteiger partial charge < -0.3 is 10.6 Å². The third-order valence-electron chi connectivity index (χ3n) is 2.78. The minimum absolute atomic E-state index is 0.593. The van der Waals surface area contributed by atoms with Gasteiger partial charge >= 0.3 is 0 Å². The summed E-state index contributed by atoms with van der Waals surface area (Å²) in [4.78, 5) is 23.8. The average Bonchev–Trinajstić information content (AvgIpc) is 2.56. The van der Waals surface area contributed by atoms with E-state index in [9.17, 15) is 9.59 Å². The Morgan fingerprint density at radius 3 is 1.86 bits per heavy atom. The number of amides is 1. The SMILES string of the molecule is CS/C(=C\C(=O)C(=O)Nc1ccccc1)Nc1ccccc1. The first-order chi connectivity index (χ1) is 10.7. The molecular formula is C17H16N2O2S. The van der Waals surface area contributed by atoms with Crippen molar-refractivity contribution < 1.29 is 9.59 Å². The summed E-state index contributed by atoms with van der Waals surface area (Å²) in [5.74, 6) is -1.26. The Morgan fingerprint density at radius 1 is 0.864 bits per heavy atom. The Hall–Kier alpha value is -2.53. The zero-order valence-corrected chi connectivity index (χ0v) is 12.9. The zero-order chi connectivity index (χ0) is 15.8. The van der Waals surface area contributed by atoms with Crippen molar-refractivity contribution in [3.8, 4) is 0 Å². The molecule has 5 heteroatoms. The van der Waals surface area contributed by atoms with Gasteiger partial charge in [0.2, 0.25) is 5.78 Å². The Kier molecular flexibility index (Phi) is 5.80. The quantitative estimate of drug-likeness (QED) is 0.633. The molecular weight excluding hydrogens is 296 g/mol. The minimum Gasteiger partial charge on any atom is -0.350 e. The van der Waals surface area contributed by atoms with Crippen LogP contribution in [0.25, 0.3) is 0 Å². The first kappa shape index (κ1) is 15.9. The lowest BCUT2D eigenvalue weighted by Crippen LogP contribution is -2.21. The molecule has 22 heavy (non-hydrogen) atoms. The first-order valence-electron chi connectivity index (χ1n) is 6.67. The van der Waals surface area contributed by atoms with Crippen LogP contribution in [-0.2, 0) is 9.59 Å². The maximum Gasteiger partial charge on any atom is 0.296 e. The lowest BCUT2D eigenvalue weighted by molar-refractivity contribution is -0.131. The van der Waals surface area contributed by atoms with E-state index < -0.39 is 11.7 Å².